The molecule has 0 saturated carbocycles. The Hall–Kier alpha value is -1.62. The van der Waals surface area contributed by atoms with Gasteiger partial charge in [-0.2, -0.15) is 0 Å². The van der Waals surface area contributed by atoms with E-state index in [4.69, 9.17) is 9.47 Å². The second kappa shape index (κ2) is 8.48. The van der Waals surface area contributed by atoms with E-state index in [0.717, 1.165) is 5.75 Å². The molecule has 0 atom stereocenters. The average molecular weight is 281 g/mol. The minimum atomic E-state index is -0.0546. The highest BCUT2D eigenvalue weighted by atomic mass is 32.2. The van der Waals surface area contributed by atoms with Crippen LogP contribution in [-0.2, 0) is 4.79 Å². The smallest absolute Gasteiger partial charge is 0.234 e. The molecular weight excluding hydrogens is 262 g/mol. The van der Waals surface area contributed by atoms with Crippen molar-refractivity contribution in [3.63, 3.8) is 0 Å². The Balaban J connectivity index is 2.61. The fraction of sp³-hybridized carbons (Fsp3) is 0.357. The molecule has 0 aliphatic carbocycles. The average Bonchev–Trinajstić information content (AvgIpc) is 2.43. The number of anilines is 1. The van der Waals surface area contributed by atoms with Crippen molar-refractivity contribution in [2.75, 3.05) is 31.0 Å². The van der Waals surface area contributed by atoms with Gasteiger partial charge in [-0.25, -0.2) is 0 Å². The number of methoxy groups -OCH3 is 2. The molecule has 0 aliphatic heterocycles. The van der Waals surface area contributed by atoms with E-state index in [1.807, 2.05) is 19.1 Å². The van der Waals surface area contributed by atoms with E-state index in [2.05, 4.69) is 5.32 Å². The van der Waals surface area contributed by atoms with E-state index < -0.39 is 0 Å². The van der Waals surface area contributed by atoms with Crippen molar-refractivity contribution in [2.45, 2.75) is 6.92 Å². The Morgan fingerprint density at radius 1 is 1.37 bits per heavy atom. The lowest BCUT2D eigenvalue weighted by molar-refractivity contribution is -0.113. The summed E-state index contributed by atoms with van der Waals surface area (Å²) < 4.78 is 10.3. The van der Waals surface area contributed by atoms with Crippen molar-refractivity contribution >= 4 is 23.4 Å². The molecule has 0 unspecified atom stereocenters. The van der Waals surface area contributed by atoms with E-state index in [0.29, 0.717) is 22.9 Å². The first-order chi connectivity index (χ1) is 9.21. The van der Waals surface area contributed by atoms with Gasteiger partial charge >= 0.3 is 0 Å². The predicted molar refractivity (Wildman–Crippen MR) is 80.3 cm³/mol. The highest BCUT2D eigenvalue weighted by Crippen LogP contribution is 2.28. The van der Waals surface area contributed by atoms with Crippen LogP contribution in [0.5, 0.6) is 11.5 Å². The zero-order valence-electron chi connectivity index (χ0n) is 11.4. The number of nitrogens with one attached hydrogen (secondary N) is 1. The lowest BCUT2D eigenvalue weighted by atomic mass is 10.2. The van der Waals surface area contributed by atoms with Crippen LogP contribution in [-0.4, -0.2) is 31.6 Å². The van der Waals surface area contributed by atoms with Crippen LogP contribution < -0.4 is 14.8 Å². The third-order valence-electron chi connectivity index (χ3n) is 2.36. The molecule has 0 aromatic heterocycles. The van der Waals surface area contributed by atoms with Crippen LogP contribution in [0, 0.1) is 0 Å². The molecule has 0 heterocycles. The molecule has 19 heavy (non-hydrogen) atoms. The van der Waals surface area contributed by atoms with Gasteiger partial charge < -0.3 is 14.8 Å². The molecule has 0 fully saturated rings. The molecule has 0 spiro atoms. The molecule has 4 nitrogen and oxygen atoms in total. The number of benzene rings is 1. The topological polar surface area (TPSA) is 47.6 Å². The molecule has 1 rings (SSSR count). The molecule has 104 valence electrons. The minimum absolute atomic E-state index is 0.0546. The first-order valence-corrected chi connectivity index (χ1v) is 7.07. The number of thioether (sulfide) groups is 1. The van der Waals surface area contributed by atoms with Gasteiger partial charge in [0.2, 0.25) is 5.91 Å². The van der Waals surface area contributed by atoms with E-state index in [-0.39, 0.29) is 5.91 Å². The van der Waals surface area contributed by atoms with Crippen LogP contribution in [0.2, 0.25) is 0 Å². The van der Waals surface area contributed by atoms with E-state index in [1.165, 1.54) is 0 Å². The zero-order valence-corrected chi connectivity index (χ0v) is 12.3. The van der Waals surface area contributed by atoms with Gasteiger partial charge in [0.25, 0.3) is 0 Å². The third kappa shape index (κ3) is 5.26. The van der Waals surface area contributed by atoms with Gasteiger partial charge in [0.15, 0.2) is 0 Å². The molecule has 1 amide bonds. The van der Waals surface area contributed by atoms with Crippen LogP contribution in [0.1, 0.15) is 6.92 Å². The van der Waals surface area contributed by atoms with Crippen molar-refractivity contribution in [1.29, 1.82) is 0 Å². The number of carbonyl (C=O) groups is 1. The molecular formula is C14H19NO3S. The van der Waals surface area contributed by atoms with E-state index >= 15 is 0 Å². The number of amides is 1. The van der Waals surface area contributed by atoms with Gasteiger partial charge in [-0.3, -0.25) is 4.79 Å². The Morgan fingerprint density at radius 2 is 2.16 bits per heavy atom. The van der Waals surface area contributed by atoms with Crippen LogP contribution in [0.25, 0.3) is 0 Å². The highest BCUT2D eigenvalue weighted by Gasteiger charge is 2.08. The van der Waals surface area contributed by atoms with Crippen molar-refractivity contribution in [2.24, 2.45) is 0 Å². The Kier molecular flexibility index (Phi) is 6.89. The lowest BCUT2D eigenvalue weighted by Crippen LogP contribution is -2.15. The molecule has 0 aliphatic rings. The summed E-state index contributed by atoms with van der Waals surface area (Å²) in [5.74, 6) is 2.48. The maximum absolute atomic E-state index is 11.8. The standard InChI is InChI=1S/C14H19NO3S/c1-4-5-8-19-10-14(16)15-12-9-11(17-2)6-7-13(12)18-3/h4-7,9H,8,10H2,1-3H3,(H,15,16). The number of carbonyl (C=O) groups excluding carboxylic acids is 1. The highest BCUT2D eigenvalue weighted by molar-refractivity contribution is 8.00. The SMILES string of the molecule is CC=CCSCC(=O)Nc1cc(OC)ccc1OC. The van der Waals surface area contributed by atoms with Gasteiger partial charge in [-0.1, -0.05) is 12.2 Å². The largest absolute Gasteiger partial charge is 0.497 e. The number of hydrogen-bond acceptors (Lipinski definition) is 4. The monoisotopic (exact) mass is 281 g/mol. The minimum Gasteiger partial charge on any atom is -0.497 e. The van der Waals surface area contributed by atoms with Gasteiger partial charge in [0.05, 0.1) is 25.7 Å². The maximum Gasteiger partial charge on any atom is 0.234 e. The summed E-state index contributed by atoms with van der Waals surface area (Å²) in [7, 11) is 3.15. The number of rotatable bonds is 7. The summed E-state index contributed by atoms with van der Waals surface area (Å²) in [5.41, 5.74) is 0.624. The summed E-state index contributed by atoms with van der Waals surface area (Å²) in [6, 6.07) is 5.30. The summed E-state index contributed by atoms with van der Waals surface area (Å²) >= 11 is 1.56. The molecule has 1 aromatic carbocycles. The van der Waals surface area contributed by atoms with Gasteiger partial charge in [0, 0.05) is 11.8 Å². The molecule has 1 N–H and O–H groups in total. The normalized spacial score (nSPS) is 10.5. The van der Waals surface area contributed by atoms with Gasteiger partial charge in [0.1, 0.15) is 11.5 Å². The first kappa shape index (κ1) is 15.4. The fourth-order valence-electron chi connectivity index (χ4n) is 1.41. The van der Waals surface area contributed by atoms with Gasteiger partial charge in [-0.05, 0) is 19.1 Å². The van der Waals surface area contributed by atoms with Crippen LogP contribution in [0.3, 0.4) is 0 Å². The van der Waals surface area contributed by atoms with Crippen molar-refractivity contribution < 1.29 is 14.3 Å². The molecule has 1 aromatic rings. The summed E-state index contributed by atoms with van der Waals surface area (Å²) in [4.78, 5) is 11.8. The number of ether oxygens (including phenoxy) is 2. The Bertz CT molecular complexity index is 446. The Labute approximate surface area is 118 Å². The predicted octanol–water partition coefficient (Wildman–Crippen LogP) is 2.95. The Morgan fingerprint density at radius 3 is 2.79 bits per heavy atom. The van der Waals surface area contributed by atoms with Crippen molar-refractivity contribution in [3.05, 3.63) is 30.4 Å². The summed E-state index contributed by atoms with van der Waals surface area (Å²) in [6.07, 6.45) is 3.99. The van der Waals surface area contributed by atoms with Crippen LogP contribution >= 0.6 is 11.8 Å². The second-order valence-corrected chi connectivity index (χ2v) is 4.73. The zero-order chi connectivity index (χ0) is 14.1. The molecule has 0 saturated heterocycles. The lowest BCUT2D eigenvalue weighted by Gasteiger charge is -2.11. The van der Waals surface area contributed by atoms with E-state index in [1.54, 1.807) is 44.2 Å². The van der Waals surface area contributed by atoms with Crippen LogP contribution in [0.4, 0.5) is 5.69 Å². The van der Waals surface area contributed by atoms with Crippen LogP contribution in [0.15, 0.2) is 30.4 Å². The van der Waals surface area contributed by atoms with Crippen molar-refractivity contribution in [3.8, 4) is 11.5 Å². The third-order valence-corrected chi connectivity index (χ3v) is 3.26. The first-order valence-electron chi connectivity index (χ1n) is 5.92. The summed E-state index contributed by atoms with van der Waals surface area (Å²) in [6.45, 7) is 1.96. The van der Waals surface area contributed by atoms with Crippen molar-refractivity contribution in [1.82, 2.24) is 0 Å². The van der Waals surface area contributed by atoms with E-state index in [9.17, 15) is 4.79 Å². The summed E-state index contributed by atoms with van der Waals surface area (Å²) in [5, 5.41) is 2.82. The number of allylic oxidation sites excluding steroid dienone is 1. The molecule has 5 heteroatoms. The number of hydrogen-bond donors (Lipinski definition) is 1. The quantitative estimate of drug-likeness (QED) is 0.616. The molecule has 0 bridgehead atoms. The molecule has 0 radical (unpaired) electrons. The fourth-order valence-corrected chi connectivity index (χ4v) is 2.12. The second-order valence-electron chi connectivity index (χ2n) is 3.70. The van der Waals surface area contributed by atoms with Gasteiger partial charge in [-0.15, -0.1) is 11.8 Å². The maximum atomic E-state index is 11.8.